The first-order valence-corrected chi connectivity index (χ1v) is 6.62. The lowest BCUT2D eigenvalue weighted by molar-refractivity contribution is -0.117. The SMILES string of the molecule is Cc1cnc(-c2noc(C3CSCC3=O)n2)nc1. The van der Waals surface area contributed by atoms with Gasteiger partial charge in [-0.1, -0.05) is 5.16 Å². The van der Waals surface area contributed by atoms with Gasteiger partial charge in [0.25, 0.3) is 0 Å². The van der Waals surface area contributed by atoms with Gasteiger partial charge in [-0.2, -0.15) is 16.7 Å². The van der Waals surface area contributed by atoms with Gasteiger partial charge in [-0.25, -0.2) is 9.97 Å². The number of ketones is 1. The first kappa shape index (κ1) is 11.3. The van der Waals surface area contributed by atoms with Crippen molar-refractivity contribution >= 4 is 17.5 Å². The zero-order valence-corrected chi connectivity index (χ0v) is 10.5. The number of rotatable bonds is 2. The van der Waals surface area contributed by atoms with Gasteiger partial charge in [0, 0.05) is 18.1 Å². The summed E-state index contributed by atoms with van der Waals surface area (Å²) in [6, 6.07) is 0. The van der Waals surface area contributed by atoms with Crippen LogP contribution >= 0.6 is 11.8 Å². The largest absolute Gasteiger partial charge is 0.338 e. The van der Waals surface area contributed by atoms with Crippen molar-refractivity contribution in [2.24, 2.45) is 0 Å². The molecule has 0 spiro atoms. The molecular formula is C11H10N4O2S. The zero-order chi connectivity index (χ0) is 12.5. The molecule has 1 fully saturated rings. The maximum absolute atomic E-state index is 11.6. The van der Waals surface area contributed by atoms with Crippen LogP contribution in [0.25, 0.3) is 11.6 Å². The van der Waals surface area contributed by atoms with Crippen LogP contribution in [0.4, 0.5) is 0 Å². The Hall–Kier alpha value is -1.76. The molecule has 3 rings (SSSR count). The van der Waals surface area contributed by atoms with Gasteiger partial charge in [0.2, 0.25) is 17.5 Å². The van der Waals surface area contributed by atoms with Crippen molar-refractivity contribution in [2.75, 3.05) is 11.5 Å². The van der Waals surface area contributed by atoms with Gasteiger partial charge in [0.15, 0.2) is 5.78 Å². The van der Waals surface area contributed by atoms with Crippen molar-refractivity contribution in [3.63, 3.8) is 0 Å². The number of carbonyl (C=O) groups is 1. The molecule has 3 heterocycles. The molecule has 0 saturated carbocycles. The predicted molar refractivity (Wildman–Crippen MR) is 65.1 cm³/mol. The van der Waals surface area contributed by atoms with E-state index in [4.69, 9.17) is 4.52 Å². The Labute approximate surface area is 107 Å². The van der Waals surface area contributed by atoms with E-state index in [0.29, 0.717) is 29.0 Å². The van der Waals surface area contributed by atoms with Gasteiger partial charge in [-0.05, 0) is 12.5 Å². The number of aryl methyl sites for hydroxylation is 1. The molecule has 0 radical (unpaired) electrons. The Balaban J connectivity index is 1.89. The highest BCUT2D eigenvalue weighted by Crippen LogP contribution is 2.29. The molecule has 92 valence electrons. The normalized spacial score (nSPS) is 19.4. The Bertz CT molecular complexity index is 581. The Morgan fingerprint density at radius 3 is 2.78 bits per heavy atom. The smallest absolute Gasteiger partial charge is 0.240 e. The third-order valence-corrected chi connectivity index (χ3v) is 3.70. The van der Waals surface area contributed by atoms with Gasteiger partial charge < -0.3 is 4.52 Å². The van der Waals surface area contributed by atoms with Crippen LogP contribution < -0.4 is 0 Å². The number of nitrogens with zero attached hydrogens (tertiary/aromatic N) is 4. The molecule has 2 aromatic heterocycles. The van der Waals surface area contributed by atoms with Crippen LogP contribution in [0.15, 0.2) is 16.9 Å². The summed E-state index contributed by atoms with van der Waals surface area (Å²) in [5.41, 5.74) is 0.963. The summed E-state index contributed by atoms with van der Waals surface area (Å²) in [5.74, 6) is 2.19. The second kappa shape index (κ2) is 4.49. The summed E-state index contributed by atoms with van der Waals surface area (Å²) in [4.78, 5) is 24.0. The van der Waals surface area contributed by atoms with E-state index in [0.717, 1.165) is 5.56 Å². The summed E-state index contributed by atoms with van der Waals surface area (Å²) in [6.07, 6.45) is 3.38. The fourth-order valence-corrected chi connectivity index (χ4v) is 2.74. The first-order valence-electron chi connectivity index (χ1n) is 5.47. The van der Waals surface area contributed by atoms with Crippen LogP contribution in [-0.4, -0.2) is 37.4 Å². The van der Waals surface area contributed by atoms with Crippen molar-refractivity contribution in [2.45, 2.75) is 12.8 Å². The van der Waals surface area contributed by atoms with E-state index in [1.54, 1.807) is 24.2 Å². The monoisotopic (exact) mass is 262 g/mol. The second-order valence-corrected chi connectivity index (χ2v) is 5.10. The fraction of sp³-hybridized carbons (Fsp3) is 0.364. The molecule has 18 heavy (non-hydrogen) atoms. The minimum Gasteiger partial charge on any atom is -0.338 e. The lowest BCUT2D eigenvalue weighted by Crippen LogP contribution is -2.09. The molecule has 0 bridgehead atoms. The molecule has 1 saturated heterocycles. The molecule has 1 unspecified atom stereocenters. The maximum atomic E-state index is 11.6. The number of carbonyl (C=O) groups excluding carboxylic acids is 1. The van der Waals surface area contributed by atoms with E-state index in [-0.39, 0.29) is 11.7 Å². The molecule has 0 aliphatic carbocycles. The standard InChI is InChI=1S/C11H10N4O2S/c1-6-2-12-9(13-3-6)10-14-11(17-15-10)7-4-18-5-8(7)16/h2-3,7H,4-5H2,1H3. The van der Waals surface area contributed by atoms with E-state index in [9.17, 15) is 4.79 Å². The molecule has 2 aromatic rings. The number of hydrogen-bond acceptors (Lipinski definition) is 7. The Morgan fingerprint density at radius 2 is 2.11 bits per heavy atom. The van der Waals surface area contributed by atoms with E-state index < -0.39 is 0 Å². The van der Waals surface area contributed by atoms with Crippen molar-refractivity contribution in [1.29, 1.82) is 0 Å². The third kappa shape index (κ3) is 2.01. The highest BCUT2D eigenvalue weighted by molar-refractivity contribution is 8.00. The van der Waals surface area contributed by atoms with Crippen LogP contribution in [0.2, 0.25) is 0 Å². The first-order chi connectivity index (χ1) is 8.74. The number of hydrogen-bond donors (Lipinski definition) is 0. The number of aromatic nitrogens is 4. The van der Waals surface area contributed by atoms with Crippen molar-refractivity contribution in [1.82, 2.24) is 20.1 Å². The van der Waals surface area contributed by atoms with Crippen molar-refractivity contribution in [3.8, 4) is 11.6 Å². The summed E-state index contributed by atoms with van der Waals surface area (Å²) in [6.45, 7) is 1.90. The van der Waals surface area contributed by atoms with E-state index >= 15 is 0 Å². The highest BCUT2D eigenvalue weighted by Gasteiger charge is 2.31. The summed E-state index contributed by atoms with van der Waals surface area (Å²) >= 11 is 1.58. The molecule has 7 heteroatoms. The van der Waals surface area contributed by atoms with E-state index in [1.165, 1.54) is 0 Å². The molecule has 6 nitrogen and oxygen atoms in total. The second-order valence-electron chi connectivity index (χ2n) is 4.07. The van der Waals surface area contributed by atoms with E-state index in [1.807, 2.05) is 6.92 Å². The van der Waals surface area contributed by atoms with Crippen LogP contribution in [0.3, 0.4) is 0 Å². The van der Waals surface area contributed by atoms with E-state index in [2.05, 4.69) is 20.1 Å². The lowest BCUT2D eigenvalue weighted by Gasteiger charge is -1.97. The molecule has 1 atom stereocenters. The quantitative estimate of drug-likeness (QED) is 0.805. The molecular weight excluding hydrogens is 252 g/mol. The van der Waals surface area contributed by atoms with Crippen LogP contribution in [-0.2, 0) is 4.79 Å². The molecule has 1 aliphatic rings. The average molecular weight is 262 g/mol. The minimum absolute atomic E-state index is 0.139. The zero-order valence-electron chi connectivity index (χ0n) is 9.66. The Morgan fingerprint density at radius 1 is 1.33 bits per heavy atom. The lowest BCUT2D eigenvalue weighted by atomic mass is 10.1. The van der Waals surface area contributed by atoms with Crippen LogP contribution in [0.1, 0.15) is 17.4 Å². The van der Waals surface area contributed by atoms with Gasteiger partial charge in [-0.3, -0.25) is 4.79 Å². The summed E-state index contributed by atoms with van der Waals surface area (Å²) in [5, 5.41) is 3.82. The van der Waals surface area contributed by atoms with Crippen LogP contribution in [0.5, 0.6) is 0 Å². The molecule has 0 aromatic carbocycles. The van der Waals surface area contributed by atoms with Crippen LogP contribution in [0, 0.1) is 6.92 Å². The maximum Gasteiger partial charge on any atom is 0.240 e. The Kier molecular flexibility index (Phi) is 2.83. The van der Waals surface area contributed by atoms with Gasteiger partial charge in [-0.15, -0.1) is 0 Å². The number of Topliss-reactive ketones (excluding diaryl/α,β-unsaturated/α-hetero) is 1. The number of thioether (sulfide) groups is 1. The minimum atomic E-state index is -0.276. The third-order valence-electron chi connectivity index (χ3n) is 2.64. The summed E-state index contributed by atoms with van der Waals surface area (Å²) in [7, 11) is 0. The fourth-order valence-electron chi connectivity index (χ4n) is 1.66. The summed E-state index contributed by atoms with van der Waals surface area (Å²) < 4.78 is 5.13. The average Bonchev–Trinajstić information content (AvgIpc) is 2.98. The van der Waals surface area contributed by atoms with Crippen molar-refractivity contribution in [3.05, 3.63) is 23.8 Å². The topological polar surface area (TPSA) is 81.8 Å². The molecule has 1 aliphatic heterocycles. The molecule has 0 amide bonds. The highest BCUT2D eigenvalue weighted by atomic mass is 32.2. The van der Waals surface area contributed by atoms with Crippen molar-refractivity contribution < 1.29 is 9.32 Å². The van der Waals surface area contributed by atoms with Gasteiger partial charge in [0.1, 0.15) is 5.92 Å². The van der Waals surface area contributed by atoms with Gasteiger partial charge in [0.05, 0.1) is 5.75 Å². The van der Waals surface area contributed by atoms with Gasteiger partial charge >= 0.3 is 0 Å². The molecule has 0 N–H and O–H groups in total. The predicted octanol–water partition coefficient (Wildman–Crippen LogP) is 1.23.